The fourth-order valence-corrected chi connectivity index (χ4v) is 8.73. The summed E-state index contributed by atoms with van der Waals surface area (Å²) < 4.78 is 5.58. The first kappa shape index (κ1) is 20.5. The van der Waals surface area contributed by atoms with Crippen LogP contribution in [0.5, 0.6) is 0 Å². The summed E-state index contributed by atoms with van der Waals surface area (Å²) in [4.78, 5) is 13.6. The second kappa shape index (κ2) is 7.75. The molecule has 2 aromatic rings. The van der Waals surface area contributed by atoms with Crippen molar-refractivity contribution in [2.75, 3.05) is 7.11 Å². The molecule has 2 nitrogen and oxygen atoms in total. The number of rotatable bonds is 3. The summed E-state index contributed by atoms with van der Waals surface area (Å²) in [6.07, 6.45) is 13.7. The van der Waals surface area contributed by atoms with E-state index in [1.54, 1.807) is 7.11 Å². The van der Waals surface area contributed by atoms with Gasteiger partial charge in [0.1, 0.15) is 0 Å². The van der Waals surface area contributed by atoms with Crippen LogP contribution >= 0.6 is 0 Å². The molecule has 1 unspecified atom stereocenters. The molecule has 2 saturated carbocycles. The summed E-state index contributed by atoms with van der Waals surface area (Å²) in [5.74, 6) is 1.05. The van der Waals surface area contributed by atoms with Gasteiger partial charge in [-0.3, -0.25) is 4.79 Å². The molecule has 0 heterocycles. The van der Waals surface area contributed by atoms with Crippen molar-refractivity contribution < 1.29 is 9.53 Å². The number of ether oxygens (including phenoxy) is 1. The summed E-state index contributed by atoms with van der Waals surface area (Å²) in [7, 11) is 1.60. The van der Waals surface area contributed by atoms with Crippen LogP contribution in [0.4, 0.5) is 0 Å². The first-order valence-corrected chi connectivity index (χ1v) is 13.0. The molecule has 0 N–H and O–H groups in total. The predicted molar refractivity (Wildman–Crippen MR) is 128 cm³/mol. The van der Waals surface area contributed by atoms with Gasteiger partial charge >= 0.3 is 5.97 Å². The molecule has 168 valence electrons. The van der Waals surface area contributed by atoms with Crippen molar-refractivity contribution in [1.29, 1.82) is 0 Å². The molecule has 2 fully saturated rings. The number of hydrogen-bond acceptors (Lipinski definition) is 2. The predicted octanol–water partition coefficient (Wildman–Crippen LogP) is 6.93. The standard InChI is InChI=1S/C30H36O2/c1-32-28(31)27-20-29(21-12-4-2-5-13-21)23-16-8-10-18-25(23)30(27,22-14-6-3-7-15-22)26-19-11-9-17-24(26)29/h8-11,16-19,21-22,27H,2-7,12-15,20H2,1H3. The molecule has 0 amide bonds. The van der Waals surface area contributed by atoms with E-state index in [1.165, 1.54) is 86.5 Å². The number of carbonyl (C=O) groups excluding carboxylic acids is 1. The van der Waals surface area contributed by atoms with E-state index in [4.69, 9.17) is 4.74 Å². The lowest BCUT2D eigenvalue weighted by molar-refractivity contribution is -0.151. The lowest BCUT2D eigenvalue weighted by atomic mass is 9.38. The summed E-state index contributed by atoms with van der Waals surface area (Å²) >= 11 is 0. The molecule has 2 bridgehead atoms. The van der Waals surface area contributed by atoms with Crippen LogP contribution in [0.1, 0.15) is 92.9 Å². The van der Waals surface area contributed by atoms with Crippen LogP contribution in [-0.4, -0.2) is 13.1 Å². The molecule has 0 saturated heterocycles. The van der Waals surface area contributed by atoms with Crippen molar-refractivity contribution >= 4 is 5.97 Å². The second-order valence-corrected chi connectivity index (χ2v) is 10.9. The van der Waals surface area contributed by atoms with Gasteiger partial charge in [0.05, 0.1) is 13.0 Å². The summed E-state index contributed by atoms with van der Waals surface area (Å²) in [5, 5.41) is 0. The molecule has 0 spiro atoms. The van der Waals surface area contributed by atoms with Crippen molar-refractivity contribution in [3.8, 4) is 0 Å². The van der Waals surface area contributed by atoms with Crippen LogP contribution in [-0.2, 0) is 20.4 Å². The van der Waals surface area contributed by atoms with Gasteiger partial charge in [-0.1, -0.05) is 87.1 Å². The monoisotopic (exact) mass is 428 g/mol. The topological polar surface area (TPSA) is 26.3 Å². The van der Waals surface area contributed by atoms with Crippen molar-refractivity contribution in [3.63, 3.8) is 0 Å². The fraction of sp³-hybridized carbons (Fsp3) is 0.567. The van der Waals surface area contributed by atoms with E-state index >= 15 is 0 Å². The maximum Gasteiger partial charge on any atom is 0.309 e. The molecule has 32 heavy (non-hydrogen) atoms. The molecule has 0 aromatic heterocycles. The number of benzene rings is 2. The van der Waals surface area contributed by atoms with Gasteiger partial charge in [-0.2, -0.15) is 0 Å². The van der Waals surface area contributed by atoms with Crippen molar-refractivity contribution in [2.24, 2.45) is 17.8 Å². The number of esters is 1. The lowest BCUT2D eigenvalue weighted by Gasteiger charge is -2.63. The Morgan fingerprint density at radius 2 is 1.19 bits per heavy atom. The first-order valence-electron chi connectivity index (χ1n) is 13.0. The van der Waals surface area contributed by atoms with Gasteiger partial charge in [0.25, 0.3) is 0 Å². The van der Waals surface area contributed by atoms with Crippen LogP contribution in [0, 0.1) is 17.8 Å². The average molecular weight is 429 g/mol. The SMILES string of the molecule is COC(=O)C1CC2(C3CCCCC3)c3ccccc3C1(C1CCCCC1)c1ccccc12. The van der Waals surface area contributed by atoms with Crippen LogP contribution in [0.2, 0.25) is 0 Å². The highest BCUT2D eigenvalue weighted by Gasteiger charge is 2.66. The number of methoxy groups -OCH3 is 1. The molecule has 5 aliphatic rings. The Kier molecular flexibility index (Phi) is 4.97. The molecule has 5 aliphatic carbocycles. The zero-order valence-electron chi connectivity index (χ0n) is 19.4. The maximum atomic E-state index is 13.6. The minimum atomic E-state index is -0.239. The van der Waals surface area contributed by atoms with E-state index in [1.807, 2.05) is 0 Å². The Hall–Kier alpha value is -2.09. The summed E-state index contributed by atoms with van der Waals surface area (Å²) in [6, 6.07) is 18.5. The minimum Gasteiger partial charge on any atom is -0.469 e. The van der Waals surface area contributed by atoms with Crippen molar-refractivity contribution in [2.45, 2.75) is 81.5 Å². The van der Waals surface area contributed by atoms with E-state index in [0.717, 1.165) is 6.42 Å². The third-order valence-electron chi connectivity index (χ3n) is 9.82. The molecular formula is C30H36O2. The van der Waals surface area contributed by atoms with E-state index in [0.29, 0.717) is 11.8 Å². The van der Waals surface area contributed by atoms with E-state index in [-0.39, 0.29) is 22.7 Å². The quantitative estimate of drug-likeness (QED) is 0.496. The van der Waals surface area contributed by atoms with Gasteiger partial charge in [0.15, 0.2) is 0 Å². The zero-order chi connectivity index (χ0) is 21.8. The van der Waals surface area contributed by atoms with Gasteiger partial charge < -0.3 is 4.74 Å². The Morgan fingerprint density at radius 1 is 0.719 bits per heavy atom. The van der Waals surface area contributed by atoms with Crippen LogP contribution in [0.3, 0.4) is 0 Å². The Morgan fingerprint density at radius 3 is 1.69 bits per heavy atom. The molecule has 7 rings (SSSR count). The zero-order valence-corrected chi connectivity index (χ0v) is 19.4. The molecule has 2 aromatic carbocycles. The molecule has 2 heteroatoms. The summed E-state index contributed by atoms with van der Waals surface area (Å²) in [6.45, 7) is 0. The first-order chi connectivity index (χ1) is 15.7. The Balaban J connectivity index is 1.69. The van der Waals surface area contributed by atoms with Gasteiger partial charge in [-0.15, -0.1) is 0 Å². The third kappa shape index (κ3) is 2.56. The van der Waals surface area contributed by atoms with E-state index in [2.05, 4.69) is 48.5 Å². The van der Waals surface area contributed by atoms with E-state index < -0.39 is 0 Å². The Bertz CT molecular complexity index is 961. The van der Waals surface area contributed by atoms with Crippen molar-refractivity contribution in [3.05, 3.63) is 70.8 Å². The van der Waals surface area contributed by atoms with Gasteiger partial charge in [-0.05, 0) is 66.2 Å². The highest BCUT2D eigenvalue weighted by atomic mass is 16.5. The van der Waals surface area contributed by atoms with E-state index in [9.17, 15) is 4.79 Å². The minimum absolute atomic E-state index is 0.0137. The van der Waals surface area contributed by atoms with Gasteiger partial charge in [0.2, 0.25) is 0 Å². The normalized spacial score (nSPS) is 32.2. The number of carbonyl (C=O) groups is 1. The molecular weight excluding hydrogens is 392 g/mol. The molecule has 0 radical (unpaired) electrons. The lowest BCUT2D eigenvalue weighted by Crippen LogP contribution is -2.62. The van der Waals surface area contributed by atoms with Crippen LogP contribution in [0.25, 0.3) is 0 Å². The second-order valence-electron chi connectivity index (χ2n) is 10.9. The average Bonchev–Trinajstić information content (AvgIpc) is 2.89. The number of hydrogen-bond donors (Lipinski definition) is 0. The highest BCUT2D eigenvalue weighted by molar-refractivity contribution is 5.81. The molecule has 1 atom stereocenters. The Labute approximate surface area is 192 Å². The number of fused-ring (bicyclic) bond motifs is 1. The fourth-order valence-electron chi connectivity index (χ4n) is 8.73. The van der Waals surface area contributed by atoms with Gasteiger partial charge in [0, 0.05) is 10.8 Å². The third-order valence-corrected chi connectivity index (χ3v) is 9.82. The van der Waals surface area contributed by atoms with Crippen LogP contribution in [0.15, 0.2) is 48.5 Å². The smallest absolute Gasteiger partial charge is 0.309 e. The van der Waals surface area contributed by atoms with Crippen LogP contribution < -0.4 is 0 Å². The van der Waals surface area contributed by atoms with Crippen molar-refractivity contribution in [1.82, 2.24) is 0 Å². The van der Waals surface area contributed by atoms with Gasteiger partial charge in [-0.25, -0.2) is 0 Å². The maximum absolute atomic E-state index is 13.6. The summed E-state index contributed by atoms with van der Waals surface area (Å²) in [5.41, 5.74) is 5.70. The largest absolute Gasteiger partial charge is 0.469 e. The highest BCUT2D eigenvalue weighted by Crippen LogP contribution is 2.69. The molecule has 0 aliphatic heterocycles.